The molecule has 0 saturated heterocycles. The number of hydrogen-bond donors (Lipinski definition) is 2. The first-order valence-electron chi connectivity index (χ1n) is 8.44. The summed E-state index contributed by atoms with van der Waals surface area (Å²) in [5.74, 6) is 0.0921. The van der Waals surface area contributed by atoms with E-state index in [4.69, 9.17) is 4.74 Å². The fourth-order valence-corrected chi connectivity index (χ4v) is 3.20. The maximum Gasteiger partial charge on any atom is 0.246 e. The van der Waals surface area contributed by atoms with E-state index < -0.39 is 0 Å². The molecule has 0 radical (unpaired) electrons. The first kappa shape index (κ1) is 18.6. The van der Waals surface area contributed by atoms with Gasteiger partial charge in [0.05, 0.1) is 24.9 Å². The summed E-state index contributed by atoms with van der Waals surface area (Å²) in [6.45, 7) is 2.28. The second kappa shape index (κ2) is 8.95. The van der Waals surface area contributed by atoms with E-state index in [1.54, 1.807) is 18.2 Å². The van der Waals surface area contributed by atoms with Gasteiger partial charge in [-0.15, -0.1) is 11.3 Å². The molecule has 0 fully saturated rings. The molecule has 0 unspecified atom stereocenters. The van der Waals surface area contributed by atoms with Crippen LogP contribution in [-0.2, 0) is 11.2 Å². The van der Waals surface area contributed by atoms with Crippen molar-refractivity contribution in [1.29, 1.82) is 0 Å². The van der Waals surface area contributed by atoms with Crippen molar-refractivity contribution in [3.05, 3.63) is 64.5 Å². The third kappa shape index (κ3) is 4.92. The van der Waals surface area contributed by atoms with Gasteiger partial charge in [-0.2, -0.15) is 5.10 Å². The Hall–Kier alpha value is -3.19. The minimum atomic E-state index is -0.277. The monoisotopic (exact) mass is 381 g/mol. The minimum Gasteiger partial charge on any atom is -0.504 e. The van der Waals surface area contributed by atoms with Gasteiger partial charge < -0.3 is 9.84 Å². The van der Waals surface area contributed by atoms with E-state index in [-0.39, 0.29) is 18.1 Å². The van der Waals surface area contributed by atoms with E-state index in [9.17, 15) is 9.90 Å². The molecule has 6 nitrogen and oxygen atoms in total. The van der Waals surface area contributed by atoms with Crippen LogP contribution in [0.3, 0.4) is 0 Å². The highest BCUT2D eigenvalue weighted by Gasteiger charge is 2.09. The summed E-state index contributed by atoms with van der Waals surface area (Å²) < 4.78 is 5.32. The second-order valence-corrected chi connectivity index (χ2v) is 6.53. The maximum absolute atomic E-state index is 12.1. The summed E-state index contributed by atoms with van der Waals surface area (Å²) in [5.41, 5.74) is 4.78. The summed E-state index contributed by atoms with van der Waals surface area (Å²) in [7, 11) is 0. The number of carbonyl (C=O) groups is 1. The first-order chi connectivity index (χ1) is 13.2. The molecule has 0 spiro atoms. The van der Waals surface area contributed by atoms with Gasteiger partial charge in [-0.3, -0.25) is 4.79 Å². The largest absolute Gasteiger partial charge is 0.504 e. The number of nitrogens with one attached hydrogen (secondary N) is 1. The highest BCUT2D eigenvalue weighted by Crippen LogP contribution is 2.28. The highest BCUT2D eigenvalue weighted by molar-refractivity contribution is 7.10. The van der Waals surface area contributed by atoms with Crippen LogP contribution >= 0.6 is 11.3 Å². The molecule has 1 aromatic heterocycles. The van der Waals surface area contributed by atoms with Crippen molar-refractivity contribution in [3.63, 3.8) is 0 Å². The Balaban J connectivity index is 1.58. The van der Waals surface area contributed by atoms with E-state index in [2.05, 4.69) is 15.5 Å². The molecule has 0 saturated carbocycles. The third-order valence-electron chi connectivity index (χ3n) is 3.66. The number of phenols is 1. The fourth-order valence-electron chi connectivity index (χ4n) is 2.40. The standard InChI is InChI=1S/C20H19N3O3S/c1-2-26-17-10-6-9-15(20(17)25)12-21-23-18(24)11-19-22-16(13-27-19)14-7-4-3-5-8-14/h3-10,12-13,25H,2,11H2,1H3,(H,23,24)/b21-12+. The quantitative estimate of drug-likeness (QED) is 0.484. The lowest BCUT2D eigenvalue weighted by Crippen LogP contribution is -2.19. The Bertz CT molecular complexity index is 939. The summed E-state index contributed by atoms with van der Waals surface area (Å²) >= 11 is 1.43. The average Bonchev–Trinajstić information content (AvgIpc) is 3.14. The number of rotatable bonds is 7. The van der Waals surface area contributed by atoms with Crippen molar-refractivity contribution >= 4 is 23.5 Å². The molecule has 3 aromatic rings. The average molecular weight is 381 g/mol. The van der Waals surface area contributed by atoms with Crippen LogP contribution in [0.15, 0.2) is 59.0 Å². The number of hydrogen-bond acceptors (Lipinski definition) is 6. The zero-order valence-corrected chi connectivity index (χ0v) is 15.6. The fraction of sp³-hybridized carbons (Fsp3) is 0.150. The number of phenolic OH excluding ortho intramolecular Hbond substituents is 1. The van der Waals surface area contributed by atoms with Gasteiger partial charge in [0, 0.05) is 16.5 Å². The van der Waals surface area contributed by atoms with Gasteiger partial charge in [0.1, 0.15) is 5.01 Å². The molecule has 0 bridgehead atoms. The topological polar surface area (TPSA) is 83.8 Å². The molecule has 27 heavy (non-hydrogen) atoms. The van der Waals surface area contributed by atoms with Crippen LogP contribution in [0.1, 0.15) is 17.5 Å². The predicted octanol–water partition coefficient (Wildman–Crippen LogP) is 3.61. The van der Waals surface area contributed by atoms with Crippen LogP contribution < -0.4 is 10.2 Å². The van der Waals surface area contributed by atoms with E-state index in [1.165, 1.54) is 17.6 Å². The summed E-state index contributed by atoms with van der Waals surface area (Å²) in [6, 6.07) is 14.9. The molecule has 1 amide bonds. The smallest absolute Gasteiger partial charge is 0.246 e. The highest BCUT2D eigenvalue weighted by atomic mass is 32.1. The van der Waals surface area contributed by atoms with Gasteiger partial charge in [0.25, 0.3) is 0 Å². The Labute approximate surface area is 161 Å². The van der Waals surface area contributed by atoms with Crippen molar-refractivity contribution in [1.82, 2.24) is 10.4 Å². The second-order valence-electron chi connectivity index (χ2n) is 5.59. The van der Waals surface area contributed by atoms with Gasteiger partial charge in [-0.05, 0) is 19.1 Å². The zero-order valence-electron chi connectivity index (χ0n) is 14.8. The molecule has 7 heteroatoms. The number of thiazole rings is 1. The molecular weight excluding hydrogens is 362 g/mol. The van der Waals surface area contributed by atoms with E-state index in [0.29, 0.717) is 22.9 Å². The molecule has 0 aliphatic rings. The SMILES string of the molecule is CCOc1cccc(/C=N/NC(=O)Cc2nc(-c3ccccc3)cs2)c1O. The number of amides is 1. The summed E-state index contributed by atoms with van der Waals surface area (Å²) in [5, 5.41) is 16.6. The van der Waals surface area contributed by atoms with Gasteiger partial charge >= 0.3 is 0 Å². The molecule has 3 rings (SSSR count). The number of nitrogens with zero attached hydrogens (tertiary/aromatic N) is 2. The van der Waals surface area contributed by atoms with Crippen molar-refractivity contribution in [3.8, 4) is 22.8 Å². The lowest BCUT2D eigenvalue weighted by molar-refractivity contribution is -0.120. The molecule has 0 atom stereocenters. The number of aromatic hydroxyl groups is 1. The van der Waals surface area contributed by atoms with Crippen LogP contribution in [0.2, 0.25) is 0 Å². The number of carbonyl (C=O) groups excluding carboxylic acids is 1. The lowest BCUT2D eigenvalue weighted by atomic mass is 10.2. The van der Waals surface area contributed by atoms with Gasteiger partial charge in [0.2, 0.25) is 5.91 Å². The molecule has 2 N–H and O–H groups in total. The van der Waals surface area contributed by atoms with Crippen molar-refractivity contribution in [2.24, 2.45) is 5.10 Å². The Kier molecular flexibility index (Phi) is 6.17. The van der Waals surface area contributed by atoms with Crippen molar-refractivity contribution in [2.75, 3.05) is 6.61 Å². The molecule has 138 valence electrons. The Morgan fingerprint density at radius 2 is 2.07 bits per heavy atom. The van der Waals surface area contributed by atoms with E-state index in [1.807, 2.05) is 42.6 Å². The van der Waals surface area contributed by atoms with Crippen LogP contribution in [0.5, 0.6) is 11.5 Å². The third-order valence-corrected chi connectivity index (χ3v) is 4.50. The van der Waals surface area contributed by atoms with Crippen LogP contribution in [0.25, 0.3) is 11.3 Å². The molecular formula is C20H19N3O3S. The normalized spacial score (nSPS) is 10.9. The zero-order chi connectivity index (χ0) is 19.1. The van der Waals surface area contributed by atoms with Gasteiger partial charge in [0.15, 0.2) is 11.5 Å². The van der Waals surface area contributed by atoms with Crippen LogP contribution in [0, 0.1) is 0 Å². The maximum atomic E-state index is 12.1. The first-order valence-corrected chi connectivity index (χ1v) is 9.32. The van der Waals surface area contributed by atoms with Crippen molar-refractivity contribution < 1.29 is 14.6 Å². The molecule has 0 aliphatic heterocycles. The number of para-hydroxylation sites is 1. The number of ether oxygens (including phenoxy) is 1. The molecule has 0 aliphatic carbocycles. The number of benzene rings is 2. The van der Waals surface area contributed by atoms with Crippen LogP contribution in [-0.4, -0.2) is 28.8 Å². The van der Waals surface area contributed by atoms with E-state index in [0.717, 1.165) is 11.3 Å². The van der Waals surface area contributed by atoms with Crippen molar-refractivity contribution in [2.45, 2.75) is 13.3 Å². The van der Waals surface area contributed by atoms with Gasteiger partial charge in [-0.25, -0.2) is 10.4 Å². The van der Waals surface area contributed by atoms with Gasteiger partial charge in [-0.1, -0.05) is 36.4 Å². The summed E-state index contributed by atoms with van der Waals surface area (Å²) in [6.07, 6.45) is 1.52. The van der Waals surface area contributed by atoms with E-state index >= 15 is 0 Å². The Morgan fingerprint density at radius 3 is 2.85 bits per heavy atom. The summed E-state index contributed by atoms with van der Waals surface area (Å²) in [4.78, 5) is 16.5. The molecule has 2 aromatic carbocycles. The number of hydrazone groups is 1. The Morgan fingerprint density at radius 1 is 1.26 bits per heavy atom. The molecule has 1 heterocycles. The minimum absolute atomic E-state index is 0.00947. The lowest BCUT2D eigenvalue weighted by Gasteiger charge is -2.07. The van der Waals surface area contributed by atoms with Crippen LogP contribution in [0.4, 0.5) is 0 Å². The predicted molar refractivity (Wildman–Crippen MR) is 106 cm³/mol. The number of aromatic nitrogens is 1.